The van der Waals surface area contributed by atoms with Crippen molar-refractivity contribution in [3.63, 3.8) is 0 Å². The lowest BCUT2D eigenvalue weighted by atomic mass is 10.1. The number of halogens is 1. The van der Waals surface area contributed by atoms with E-state index in [-0.39, 0.29) is 5.91 Å². The average Bonchev–Trinajstić information content (AvgIpc) is 2.64. The summed E-state index contributed by atoms with van der Waals surface area (Å²) in [4.78, 5) is 12.5. The third-order valence-corrected chi connectivity index (χ3v) is 4.21. The first-order chi connectivity index (χ1) is 12.9. The standard InChI is InChI=1S/C21H23ClN2O3/c1-14(2)9-11-27-20-18(22)12-16(13-19(20)26-3)21(25)24-17-6-4-15(5-7-17)8-10-23/h4-7,12-14H,8-9,11H2,1-3H3,(H,24,25). The molecule has 0 atom stereocenters. The van der Waals surface area contributed by atoms with Gasteiger partial charge in [-0.15, -0.1) is 0 Å². The van der Waals surface area contributed by atoms with E-state index in [9.17, 15) is 4.79 Å². The Morgan fingerprint density at radius 1 is 1.26 bits per heavy atom. The van der Waals surface area contributed by atoms with Crippen LogP contribution in [0.25, 0.3) is 0 Å². The molecule has 0 bridgehead atoms. The maximum atomic E-state index is 12.5. The largest absolute Gasteiger partial charge is 0.493 e. The smallest absolute Gasteiger partial charge is 0.255 e. The number of methoxy groups -OCH3 is 1. The van der Waals surface area contributed by atoms with Crippen molar-refractivity contribution in [3.8, 4) is 17.6 Å². The molecule has 0 heterocycles. The fourth-order valence-electron chi connectivity index (χ4n) is 2.39. The number of hydrogen-bond acceptors (Lipinski definition) is 4. The minimum atomic E-state index is -0.308. The van der Waals surface area contributed by atoms with Crippen LogP contribution < -0.4 is 14.8 Å². The molecule has 0 aliphatic rings. The fraction of sp³-hybridized carbons (Fsp3) is 0.333. The molecule has 2 rings (SSSR count). The fourth-order valence-corrected chi connectivity index (χ4v) is 2.65. The monoisotopic (exact) mass is 386 g/mol. The van der Waals surface area contributed by atoms with Crippen molar-refractivity contribution < 1.29 is 14.3 Å². The van der Waals surface area contributed by atoms with Gasteiger partial charge in [-0.1, -0.05) is 37.6 Å². The van der Waals surface area contributed by atoms with Crippen LogP contribution in [0.2, 0.25) is 5.02 Å². The highest BCUT2D eigenvalue weighted by Gasteiger charge is 2.16. The van der Waals surface area contributed by atoms with E-state index in [0.717, 1.165) is 12.0 Å². The Balaban J connectivity index is 2.14. The van der Waals surface area contributed by atoms with Crippen LogP contribution in [-0.4, -0.2) is 19.6 Å². The van der Waals surface area contributed by atoms with E-state index in [0.29, 0.717) is 46.7 Å². The van der Waals surface area contributed by atoms with Gasteiger partial charge in [0.1, 0.15) is 0 Å². The maximum Gasteiger partial charge on any atom is 0.255 e. The lowest BCUT2D eigenvalue weighted by molar-refractivity contribution is 0.102. The highest BCUT2D eigenvalue weighted by Crippen LogP contribution is 2.36. The summed E-state index contributed by atoms with van der Waals surface area (Å²) in [5.41, 5.74) is 1.89. The Bertz CT molecular complexity index is 827. The topological polar surface area (TPSA) is 71.3 Å². The van der Waals surface area contributed by atoms with E-state index in [2.05, 4.69) is 25.2 Å². The first-order valence-corrected chi connectivity index (χ1v) is 9.10. The molecule has 1 amide bonds. The first kappa shape index (κ1) is 20.6. The summed E-state index contributed by atoms with van der Waals surface area (Å²) < 4.78 is 11.1. The van der Waals surface area contributed by atoms with Gasteiger partial charge in [0.05, 0.1) is 31.2 Å². The van der Waals surface area contributed by atoms with Crippen LogP contribution in [0.1, 0.15) is 36.2 Å². The average molecular weight is 387 g/mol. The summed E-state index contributed by atoms with van der Waals surface area (Å²) >= 11 is 6.32. The molecule has 2 aromatic rings. The molecular weight excluding hydrogens is 364 g/mol. The Kier molecular flexibility index (Phi) is 7.51. The second kappa shape index (κ2) is 9.84. The summed E-state index contributed by atoms with van der Waals surface area (Å²) in [6.45, 7) is 4.75. The molecular formula is C21H23ClN2O3. The number of anilines is 1. The number of nitrogens with zero attached hydrogens (tertiary/aromatic N) is 1. The van der Waals surface area contributed by atoms with Crippen molar-refractivity contribution in [1.82, 2.24) is 0 Å². The van der Waals surface area contributed by atoms with E-state index in [1.165, 1.54) is 7.11 Å². The van der Waals surface area contributed by atoms with Crippen LogP contribution >= 0.6 is 11.6 Å². The molecule has 0 aromatic heterocycles. The van der Waals surface area contributed by atoms with E-state index >= 15 is 0 Å². The highest BCUT2D eigenvalue weighted by atomic mass is 35.5. The second-order valence-corrected chi connectivity index (χ2v) is 6.91. The Labute approximate surface area is 164 Å². The number of amides is 1. The second-order valence-electron chi connectivity index (χ2n) is 6.51. The number of nitriles is 1. The molecule has 27 heavy (non-hydrogen) atoms. The zero-order valence-electron chi connectivity index (χ0n) is 15.7. The van der Waals surface area contributed by atoms with Gasteiger partial charge in [-0.25, -0.2) is 0 Å². The molecule has 0 saturated heterocycles. The minimum absolute atomic E-state index is 0.308. The molecule has 5 nitrogen and oxygen atoms in total. The summed E-state index contributed by atoms with van der Waals surface area (Å²) in [6.07, 6.45) is 1.23. The van der Waals surface area contributed by atoms with Crippen molar-refractivity contribution in [2.75, 3.05) is 19.0 Å². The lowest BCUT2D eigenvalue weighted by Crippen LogP contribution is -2.12. The van der Waals surface area contributed by atoms with E-state index in [4.69, 9.17) is 26.3 Å². The van der Waals surface area contributed by atoms with Crippen LogP contribution in [0, 0.1) is 17.2 Å². The first-order valence-electron chi connectivity index (χ1n) is 8.72. The van der Waals surface area contributed by atoms with Gasteiger partial charge in [0.2, 0.25) is 0 Å². The van der Waals surface area contributed by atoms with Gasteiger partial charge in [0, 0.05) is 11.3 Å². The van der Waals surface area contributed by atoms with Gasteiger partial charge < -0.3 is 14.8 Å². The van der Waals surface area contributed by atoms with Crippen molar-refractivity contribution in [2.24, 2.45) is 5.92 Å². The summed E-state index contributed by atoms with van der Waals surface area (Å²) in [5.74, 6) is 1.06. The molecule has 0 aliphatic carbocycles. The number of carbonyl (C=O) groups excluding carboxylic acids is 1. The molecule has 6 heteroatoms. The van der Waals surface area contributed by atoms with Crippen molar-refractivity contribution in [2.45, 2.75) is 26.7 Å². The maximum absolute atomic E-state index is 12.5. The van der Waals surface area contributed by atoms with Gasteiger partial charge in [-0.2, -0.15) is 5.26 Å². The Hall–Kier alpha value is -2.71. The zero-order valence-corrected chi connectivity index (χ0v) is 16.5. The number of hydrogen-bond donors (Lipinski definition) is 1. The number of nitrogens with one attached hydrogen (secondary N) is 1. The van der Waals surface area contributed by atoms with Gasteiger partial charge in [0.25, 0.3) is 5.91 Å². The Morgan fingerprint density at radius 2 is 1.96 bits per heavy atom. The molecule has 142 valence electrons. The number of carbonyl (C=O) groups is 1. The molecule has 0 radical (unpaired) electrons. The quantitative estimate of drug-likeness (QED) is 0.685. The van der Waals surface area contributed by atoms with Crippen molar-refractivity contribution in [3.05, 3.63) is 52.5 Å². The van der Waals surface area contributed by atoms with Crippen LogP contribution in [-0.2, 0) is 6.42 Å². The van der Waals surface area contributed by atoms with Crippen molar-refractivity contribution in [1.29, 1.82) is 5.26 Å². The molecule has 1 N–H and O–H groups in total. The van der Waals surface area contributed by atoms with Crippen LogP contribution in [0.4, 0.5) is 5.69 Å². The SMILES string of the molecule is COc1cc(C(=O)Nc2ccc(CC#N)cc2)cc(Cl)c1OCCC(C)C. The van der Waals surface area contributed by atoms with Crippen LogP contribution in [0.3, 0.4) is 0 Å². The minimum Gasteiger partial charge on any atom is -0.493 e. The molecule has 0 fully saturated rings. The number of rotatable bonds is 8. The third-order valence-electron chi connectivity index (χ3n) is 3.93. The predicted octanol–water partition coefficient (Wildman–Crippen LogP) is 5.09. The summed E-state index contributed by atoms with van der Waals surface area (Å²) in [7, 11) is 1.51. The van der Waals surface area contributed by atoms with Gasteiger partial charge in [-0.05, 0) is 42.2 Å². The molecule has 0 aliphatic heterocycles. The number of benzene rings is 2. The number of ether oxygens (including phenoxy) is 2. The molecule has 0 spiro atoms. The summed E-state index contributed by atoms with van der Waals surface area (Å²) in [5, 5.41) is 11.8. The highest BCUT2D eigenvalue weighted by molar-refractivity contribution is 6.32. The van der Waals surface area contributed by atoms with Gasteiger partial charge >= 0.3 is 0 Å². The van der Waals surface area contributed by atoms with Gasteiger partial charge in [-0.3, -0.25) is 4.79 Å². The van der Waals surface area contributed by atoms with E-state index in [1.807, 2.05) is 0 Å². The van der Waals surface area contributed by atoms with Crippen LogP contribution in [0.15, 0.2) is 36.4 Å². The van der Waals surface area contributed by atoms with Gasteiger partial charge in [0.15, 0.2) is 11.5 Å². The lowest BCUT2D eigenvalue weighted by Gasteiger charge is -2.15. The predicted molar refractivity (Wildman–Crippen MR) is 107 cm³/mol. The summed E-state index contributed by atoms with van der Waals surface area (Å²) in [6, 6.07) is 12.4. The third kappa shape index (κ3) is 5.90. The molecule has 0 unspecified atom stereocenters. The van der Waals surface area contributed by atoms with Crippen molar-refractivity contribution >= 4 is 23.2 Å². The van der Waals surface area contributed by atoms with E-state index in [1.54, 1.807) is 36.4 Å². The normalized spacial score (nSPS) is 10.4. The molecule has 0 saturated carbocycles. The molecule has 2 aromatic carbocycles. The van der Waals surface area contributed by atoms with E-state index < -0.39 is 0 Å². The zero-order chi connectivity index (χ0) is 19.8. The van der Waals surface area contributed by atoms with Crippen LogP contribution in [0.5, 0.6) is 11.5 Å². The Morgan fingerprint density at radius 3 is 2.56 bits per heavy atom.